The van der Waals surface area contributed by atoms with Gasteiger partial charge >= 0.3 is 0 Å². The minimum absolute atomic E-state index is 0.412. The van der Waals surface area contributed by atoms with Crippen molar-refractivity contribution in [2.45, 2.75) is 120 Å². The SMILES string of the molecule is C=C(C)CC(C)(C)CCC(C)CC(C)(C)CCC(C)CCCC(C)C. The first kappa shape index (κ1) is 24.7. The van der Waals surface area contributed by atoms with E-state index in [1.54, 1.807) is 0 Å². The first-order valence-corrected chi connectivity index (χ1v) is 11.0. The second-order valence-electron chi connectivity index (χ2n) is 11.3. The van der Waals surface area contributed by atoms with Gasteiger partial charge in [-0.05, 0) is 61.2 Å². The molecule has 0 amide bonds. The van der Waals surface area contributed by atoms with Crippen LogP contribution in [0, 0.1) is 28.6 Å². The lowest BCUT2D eigenvalue weighted by Crippen LogP contribution is -2.19. The fraction of sp³-hybridized carbons (Fsp3) is 0.920. The summed E-state index contributed by atoms with van der Waals surface area (Å²) in [7, 11) is 0. The highest BCUT2D eigenvalue weighted by Gasteiger charge is 2.24. The third-order valence-corrected chi connectivity index (χ3v) is 5.79. The molecule has 0 aromatic carbocycles. The molecule has 0 fully saturated rings. The second kappa shape index (κ2) is 11.5. The molecule has 0 spiro atoms. The molecular weight excluding hydrogens is 300 g/mol. The molecular formula is C25H50. The van der Waals surface area contributed by atoms with E-state index < -0.39 is 0 Å². The fourth-order valence-electron chi connectivity index (χ4n) is 4.35. The summed E-state index contributed by atoms with van der Waals surface area (Å²) in [6.45, 7) is 25.6. The topological polar surface area (TPSA) is 0 Å². The average Bonchev–Trinajstić information content (AvgIpc) is 2.41. The largest absolute Gasteiger partial charge is 0.100 e. The van der Waals surface area contributed by atoms with Gasteiger partial charge in [-0.25, -0.2) is 0 Å². The molecule has 0 bridgehead atoms. The summed E-state index contributed by atoms with van der Waals surface area (Å²) in [5, 5.41) is 0. The Bertz CT molecular complexity index is 358. The third-order valence-electron chi connectivity index (χ3n) is 5.79. The minimum Gasteiger partial charge on any atom is -0.100 e. The van der Waals surface area contributed by atoms with Gasteiger partial charge in [0.1, 0.15) is 0 Å². The molecule has 0 saturated carbocycles. The molecule has 0 saturated heterocycles. The Balaban J connectivity index is 4.13. The summed E-state index contributed by atoms with van der Waals surface area (Å²) in [6, 6.07) is 0. The smallest absolute Gasteiger partial charge is 0.0274 e. The van der Waals surface area contributed by atoms with Crippen molar-refractivity contribution in [1.82, 2.24) is 0 Å². The van der Waals surface area contributed by atoms with Gasteiger partial charge in [0.2, 0.25) is 0 Å². The van der Waals surface area contributed by atoms with Gasteiger partial charge in [0, 0.05) is 0 Å². The van der Waals surface area contributed by atoms with Gasteiger partial charge in [-0.2, -0.15) is 0 Å². The predicted molar refractivity (Wildman–Crippen MR) is 117 cm³/mol. The van der Waals surface area contributed by atoms with Gasteiger partial charge < -0.3 is 0 Å². The highest BCUT2D eigenvalue weighted by Crippen LogP contribution is 2.37. The third kappa shape index (κ3) is 14.6. The first-order chi connectivity index (χ1) is 11.3. The van der Waals surface area contributed by atoms with E-state index in [-0.39, 0.29) is 0 Å². The van der Waals surface area contributed by atoms with Crippen LogP contribution in [0.4, 0.5) is 0 Å². The quantitative estimate of drug-likeness (QED) is 0.274. The summed E-state index contributed by atoms with van der Waals surface area (Å²) in [6.07, 6.45) is 12.2. The lowest BCUT2D eigenvalue weighted by molar-refractivity contribution is 0.208. The van der Waals surface area contributed by atoms with Crippen LogP contribution in [0.15, 0.2) is 12.2 Å². The van der Waals surface area contributed by atoms with Crippen LogP contribution in [-0.2, 0) is 0 Å². The van der Waals surface area contributed by atoms with Gasteiger partial charge in [-0.1, -0.05) is 93.1 Å². The van der Waals surface area contributed by atoms with Crippen LogP contribution in [0.5, 0.6) is 0 Å². The van der Waals surface area contributed by atoms with Gasteiger partial charge in [0.05, 0.1) is 0 Å². The van der Waals surface area contributed by atoms with E-state index in [2.05, 4.69) is 68.9 Å². The Morgan fingerprint density at radius 1 is 0.760 bits per heavy atom. The molecule has 0 aromatic heterocycles. The molecule has 0 aliphatic rings. The molecule has 0 heterocycles. The van der Waals surface area contributed by atoms with Crippen molar-refractivity contribution in [3.8, 4) is 0 Å². The minimum atomic E-state index is 0.412. The molecule has 25 heavy (non-hydrogen) atoms. The molecule has 0 aromatic rings. The standard InChI is InChI=1S/C25H50/c1-20(2)12-11-13-22(5)14-16-25(9,10)19-23(6)15-17-24(7,8)18-21(3)4/h20,22-23H,3,11-19H2,1-2,4-10H3. The molecule has 0 N–H and O–H groups in total. The molecule has 0 aliphatic carbocycles. The molecule has 2 unspecified atom stereocenters. The summed E-state index contributed by atoms with van der Waals surface area (Å²) < 4.78 is 0. The van der Waals surface area contributed by atoms with Crippen LogP contribution in [-0.4, -0.2) is 0 Å². The van der Waals surface area contributed by atoms with Crippen molar-refractivity contribution in [2.24, 2.45) is 28.6 Å². The Morgan fingerprint density at radius 3 is 1.80 bits per heavy atom. The maximum Gasteiger partial charge on any atom is -0.0274 e. The molecule has 2 atom stereocenters. The molecule has 150 valence electrons. The van der Waals surface area contributed by atoms with E-state index in [0.29, 0.717) is 10.8 Å². The number of hydrogen-bond acceptors (Lipinski definition) is 0. The first-order valence-electron chi connectivity index (χ1n) is 11.0. The molecule has 0 rings (SSSR count). The van der Waals surface area contributed by atoms with Gasteiger partial charge in [0.25, 0.3) is 0 Å². The van der Waals surface area contributed by atoms with Crippen LogP contribution in [0.3, 0.4) is 0 Å². The Morgan fingerprint density at radius 2 is 1.28 bits per heavy atom. The zero-order chi connectivity index (χ0) is 19.7. The Kier molecular flexibility index (Phi) is 11.3. The normalized spacial score (nSPS) is 15.4. The van der Waals surface area contributed by atoms with Crippen molar-refractivity contribution in [2.75, 3.05) is 0 Å². The number of rotatable bonds is 14. The molecule has 0 nitrogen and oxygen atoms in total. The predicted octanol–water partition coefficient (Wildman–Crippen LogP) is 9.05. The van der Waals surface area contributed by atoms with Crippen molar-refractivity contribution in [3.63, 3.8) is 0 Å². The van der Waals surface area contributed by atoms with E-state index in [9.17, 15) is 0 Å². The summed E-state index contributed by atoms with van der Waals surface area (Å²) in [4.78, 5) is 0. The summed E-state index contributed by atoms with van der Waals surface area (Å²) in [5.41, 5.74) is 2.23. The van der Waals surface area contributed by atoms with Crippen LogP contribution < -0.4 is 0 Å². The van der Waals surface area contributed by atoms with Gasteiger partial charge in [-0.3, -0.25) is 0 Å². The summed E-state index contributed by atoms with van der Waals surface area (Å²) in [5.74, 6) is 2.58. The number of allylic oxidation sites excluding steroid dienone is 1. The van der Waals surface area contributed by atoms with E-state index in [1.807, 2.05) is 0 Å². The van der Waals surface area contributed by atoms with Crippen LogP contribution in [0.25, 0.3) is 0 Å². The lowest BCUT2D eigenvalue weighted by atomic mass is 9.74. The van der Waals surface area contributed by atoms with Crippen molar-refractivity contribution >= 4 is 0 Å². The maximum absolute atomic E-state index is 4.10. The Hall–Kier alpha value is -0.260. The average molecular weight is 351 g/mol. The summed E-state index contributed by atoms with van der Waals surface area (Å²) >= 11 is 0. The molecule has 0 aliphatic heterocycles. The zero-order valence-corrected chi connectivity index (χ0v) is 19.3. The van der Waals surface area contributed by atoms with E-state index in [1.165, 1.54) is 56.9 Å². The second-order valence-corrected chi connectivity index (χ2v) is 11.3. The van der Waals surface area contributed by atoms with Crippen molar-refractivity contribution < 1.29 is 0 Å². The van der Waals surface area contributed by atoms with Crippen LogP contribution >= 0.6 is 0 Å². The van der Waals surface area contributed by atoms with Gasteiger partial charge in [-0.15, -0.1) is 6.58 Å². The molecule has 0 heteroatoms. The van der Waals surface area contributed by atoms with E-state index in [4.69, 9.17) is 0 Å². The molecule has 0 radical (unpaired) electrons. The fourth-order valence-corrected chi connectivity index (χ4v) is 4.35. The van der Waals surface area contributed by atoms with E-state index in [0.717, 1.165) is 24.2 Å². The van der Waals surface area contributed by atoms with E-state index >= 15 is 0 Å². The zero-order valence-electron chi connectivity index (χ0n) is 19.3. The highest BCUT2D eigenvalue weighted by molar-refractivity contribution is 4.93. The van der Waals surface area contributed by atoms with Crippen LogP contribution in [0.1, 0.15) is 120 Å². The maximum atomic E-state index is 4.10. The highest BCUT2D eigenvalue weighted by atomic mass is 14.3. The number of hydrogen-bond donors (Lipinski definition) is 0. The van der Waals surface area contributed by atoms with Crippen LogP contribution in [0.2, 0.25) is 0 Å². The lowest BCUT2D eigenvalue weighted by Gasteiger charge is -2.32. The van der Waals surface area contributed by atoms with Crippen molar-refractivity contribution in [3.05, 3.63) is 12.2 Å². The van der Waals surface area contributed by atoms with Crippen molar-refractivity contribution in [1.29, 1.82) is 0 Å². The Labute approximate surface area is 161 Å². The van der Waals surface area contributed by atoms with Gasteiger partial charge in [0.15, 0.2) is 0 Å². The monoisotopic (exact) mass is 350 g/mol.